The smallest absolute Gasteiger partial charge is 0.316 e. The number of amides is 3. The first-order valence-corrected chi connectivity index (χ1v) is 15.3. The molecule has 2 aliphatic heterocycles. The highest BCUT2D eigenvalue weighted by atomic mass is 16.6. The molecule has 4 aliphatic rings. The summed E-state index contributed by atoms with van der Waals surface area (Å²) in [5.74, 6) is -1.80. The lowest BCUT2D eigenvalue weighted by Crippen LogP contribution is -2.61. The molecule has 6 atom stereocenters. The van der Waals surface area contributed by atoms with Gasteiger partial charge in [0.15, 0.2) is 6.10 Å². The van der Waals surface area contributed by atoms with E-state index in [1.165, 1.54) is 5.01 Å². The molecule has 6 rings (SSSR count). The van der Waals surface area contributed by atoms with Crippen LogP contribution in [0.5, 0.6) is 0 Å². The van der Waals surface area contributed by atoms with Gasteiger partial charge in [0.05, 0.1) is 28.8 Å². The molecule has 5 bridgehead atoms. The summed E-state index contributed by atoms with van der Waals surface area (Å²) in [6.45, 7) is 3.85. The summed E-state index contributed by atoms with van der Waals surface area (Å²) in [6, 6.07) is 7.74. The van der Waals surface area contributed by atoms with E-state index in [4.69, 9.17) is 9.72 Å². The van der Waals surface area contributed by atoms with Crippen LogP contribution >= 0.6 is 0 Å². The molecule has 6 unspecified atom stereocenters. The first kappa shape index (κ1) is 29.3. The van der Waals surface area contributed by atoms with Crippen LogP contribution in [0.2, 0.25) is 0 Å². The number of esters is 1. The summed E-state index contributed by atoms with van der Waals surface area (Å²) in [4.78, 5) is 58.5. The molecule has 43 heavy (non-hydrogen) atoms. The molecular formula is C32H39N5O6. The lowest BCUT2D eigenvalue weighted by Gasteiger charge is -2.35. The number of rotatable bonds is 1. The fourth-order valence-corrected chi connectivity index (χ4v) is 6.31. The molecule has 11 nitrogen and oxygen atoms in total. The second-order valence-corrected chi connectivity index (χ2v) is 12.5. The lowest BCUT2D eigenvalue weighted by atomic mass is 9.85. The van der Waals surface area contributed by atoms with Crippen molar-refractivity contribution in [2.75, 3.05) is 6.54 Å². The van der Waals surface area contributed by atoms with Crippen LogP contribution in [0.1, 0.15) is 76.1 Å². The topological polar surface area (TPSA) is 150 Å². The number of aliphatic hydroxyl groups is 1. The summed E-state index contributed by atoms with van der Waals surface area (Å²) in [5, 5.41) is 18.5. The number of carbonyl (C=O) groups excluding carboxylic acids is 4. The zero-order valence-corrected chi connectivity index (χ0v) is 24.5. The highest BCUT2D eigenvalue weighted by Crippen LogP contribution is 2.43. The minimum atomic E-state index is -1.08. The van der Waals surface area contributed by atoms with E-state index in [-0.39, 0.29) is 30.2 Å². The van der Waals surface area contributed by atoms with E-state index < -0.39 is 41.6 Å². The monoisotopic (exact) mass is 589 g/mol. The van der Waals surface area contributed by atoms with Crippen molar-refractivity contribution < 1.29 is 29.0 Å². The number of hydrazine groups is 1. The maximum absolute atomic E-state index is 13.8. The predicted molar refractivity (Wildman–Crippen MR) is 158 cm³/mol. The molecule has 1 spiro atoms. The van der Waals surface area contributed by atoms with E-state index in [0.717, 1.165) is 29.3 Å². The SMILES string of the molecule is CC1NC(=O)C(C2CC2)OC(=O)C2(C=Cc3ccc4ccc(nc4c3)C(C)NC(=O)C3CCCN(N3)C1=O)CCC(O)C2. The third-order valence-electron chi connectivity index (χ3n) is 9.11. The minimum absolute atomic E-state index is 0.121. The van der Waals surface area contributed by atoms with Crippen LogP contribution < -0.4 is 16.1 Å². The molecule has 1 saturated heterocycles. The molecule has 3 heterocycles. The molecule has 2 saturated carbocycles. The Bertz CT molecular complexity index is 1470. The number of hydrogen-bond donors (Lipinski definition) is 4. The van der Waals surface area contributed by atoms with Crippen LogP contribution in [0.3, 0.4) is 0 Å². The van der Waals surface area contributed by atoms with Gasteiger partial charge in [0, 0.05) is 17.8 Å². The van der Waals surface area contributed by atoms with Gasteiger partial charge in [-0.05, 0) is 76.5 Å². The maximum Gasteiger partial charge on any atom is 0.316 e. The second-order valence-electron chi connectivity index (χ2n) is 12.5. The Hall–Kier alpha value is -3.83. The number of nitrogens with one attached hydrogen (secondary N) is 3. The van der Waals surface area contributed by atoms with Gasteiger partial charge in [-0.1, -0.05) is 30.4 Å². The molecule has 11 heteroatoms. The second kappa shape index (κ2) is 11.7. The number of aliphatic hydroxyl groups excluding tert-OH is 1. The van der Waals surface area contributed by atoms with Crippen molar-refractivity contribution in [3.63, 3.8) is 0 Å². The standard InChI is InChI=1S/C32H39N5O6/c1-18-24-10-9-21-6-5-20(16-26(21)35-24)11-13-32(14-12-23(38)17-32)31(42)43-27(22-7-8-22)29(40)34-19(2)30(41)37-15-3-4-25(36-37)28(39)33-18/h5-6,9-11,13,16,18-19,22-23,25,27,36,38H,3-4,7-8,12,14-15,17H2,1-2H3,(H,33,39)(H,34,40). The summed E-state index contributed by atoms with van der Waals surface area (Å²) in [7, 11) is 0. The van der Waals surface area contributed by atoms with E-state index in [0.29, 0.717) is 37.9 Å². The third-order valence-corrected chi connectivity index (χ3v) is 9.11. The third kappa shape index (κ3) is 6.14. The molecule has 4 N–H and O–H groups in total. The Morgan fingerprint density at radius 3 is 2.49 bits per heavy atom. The van der Waals surface area contributed by atoms with Gasteiger partial charge in [0.25, 0.3) is 11.8 Å². The zero-order valence-electron chi connectivity index (χ0n) is 24.5. The van der Waals surface area contributed by atoms with Crippen LogP contribution in [-0.4, -0.2) is 69.6 Å². The van der Waals surface area contributed by atoms with Gasteiger partial charge in [-0.15, -0.1) is 0 Å². The van der Waals surface area contributed by atoms with E-state index in [2.05, 4.69) is 16.1 Å². The van der Waals surface area contributed by atoms with E-state index in [9.17, 15) is 24.3 Å². The lowest BCUT2D eigenvalue weighted by molar-refractivity contribution is -0.165. The molecule has 3 fully saturated rings. The number of ether oxygens (including phenoxy) is 1. The largest absolute Gasteiger partial charge is 0.451 e. The number of benzene rings is 1. The number of cyclic esters (lactones) is 1. The van der Waals surface area contributed by atoms with Gasteiger partial charge in [0.1, 0.15) is 12.1 Å². The van der Waals surface area contributed by atoms with E-state index in [1.807, 2.05) is 43.3 Å². The molecule has 2 aliphatic carbocycles. The molecule has 0 radical (unpaired) electrons. The zero-order chi connectivity index (χ0) is 30.3. The maximum atomic E-state index is 13.8. The summed E-state index contributed by atoms with van der Waals surface area (Å²) >= 11 is 0. The van der Waals surface area contributed by atoms with Crippen molar-refractivity contribution in [3.05, 3.63) is 47.7 Å². The average molecular weight is 590 g/mol. The van der Waals surface area contributed by atoms with Crippen molar-refractivity contribution in [2.24, 2.45) is 11.3 Å². The first-order chi connectivity index (χ1) is 20.6. The Morgan fingerprint density at radius 1 is 0.977 bits per heavy atom. The van der Waals surface area contributed by atoms with Gasteiger partial charge in [0.2, 0.25) is 5.91 Å². The highest BCUT2D eigenvalue weighted by Gasteiger charge is 2.48. The molecular weight excluding hydrogens is 550 g/mol. The van der Waals surface area contributed by atoms with Crippen LogP contribution in [0, 0.1) is 11.3 Å². The number of fused-ring (bicyclic) bond motifs is 4. The fourth-order valence-electron chi connectivity index (χ4n) is 6.31. The van der Waals surface area contributed by atoms with Crippen molar-refractivity contribution >= 4 is 40.7 Å². The van der Waals surface area contributed by atoms with E-state index >= 15 is 0 Å². The van der Waals surface area contributed by atoms with Gasteiger partial charge >= 0.3 is 5.97 Å². The Balaban J connectivity index is 1.36. The van der Waals surface area contributed by atoms with E-state index in [1.54, 1.807) is 13.0 Å². The molecule has 1 aromatic heterocycles. The molecule has 1 aromatic carbocycles. The predicted octanol–water partition coefficient (Wildman–Crippen LogP) is 2.29. The number of aromatic nitrogens is 1. The van der Waals surface area contributed by atoms with Gasteiger partial charge < -0.3 is 20.5 Å². The van der Waals surface area contributed by atoms with Crippen LogP contribution in [-0.2, 0) is 23.9 Å². The van der Waals surface area contributed by atoms with Crippen LogP contribution in [0.25, 0.3) is 17.0 Å². The normalized spacial score (nSPS) is 32.5. The number of carbonyl (C=O) groups is 4. The molecule has 228 valence electrons. The number of hydrogen-bond acceptors (Lipinski definition) is 8. The van der Waals surface area contributed by atoms with Crippen molar-refractivity contribution in [3.8, 4) is 0 Å². The summed E-state index contributed by atoms with van der Waals surface area (Å²) in [5.41, 5.74) is 4.21. The quantitative estimate of drug-likeness (QED) is 0.370. The number of pyridine rings is 1. The Kier molecular flexibility index (Phi) is 7.95. The van der Waals surface area contributed by atoms with Gasteiger partial charge in [-0.25, -0.2) is 5.43 Å². The number of nitrogens with zero attached hydrogens (tertiary/aromatic N) is 2. The summed E-state index contributed by atoms with van der Waals surface area (Å²) < 4.78 is 5.92. The minimum Gasteiger partial charge on any atom is -0.451 e. The van der Waals surface area contributed by atoms with Crippen LogP contribution in [0.4, 0.5) is 0 Å². The van der Waals surface area contributed by atoms with Crippen LogP contribution in [0.15, 0.2) is 36.4 Å². The Labute approximate surface area is 250 Å². The average Bonchev–Trinajstić information content (AvgIpc) is 3.78. The van der Waals surface area contributed by atoms with Crippen molar-refractivity contribution in [1.82, 2.24) is 26.1 Å². The Morgan fingerprint density at radius 2 is 1.74 bits per heavy atom. The molecule has 2 aromatic rings. The summed E-state index contributed by atoms with van der Waals surface area (Å²) in [6.07, 6.45) is 5.64. The van der Waals surface area contributed by atoms with Gasteiger partial charge in [-0.3, -0.25) is 29.2 Å². The van der Waals surface area contributed by atoms with Crippen molar-refractivity contribution in [2.45, 2.75) is 89.1 Å². The van der Waals surface area contributed by atoms with Crippen molar-refractivity contribution in [1.29, 1.82) is 0 Å². The fraction of sp³-hybridized carbons (Fsp3) is 0.531. The highest BCUT2D eigenvalue weighted by molar-refractivity contribution is 5.92. The first-order valence-electron chi connectivity index (χ1n) is 15.3. The van der Waals surface area contributed by atoms with Gasteiger partial charge in [-0.2, -0.15) is 0 Å². The molecule has 3 amide bonds.